The molecule has 2 atom stereocenters. The number of carbonyl (C=O) groups excluding carboxylic acids is 1. The van der Waals surface area contributed by atoms with Gasteiger partial charge in [-0.25, -0.2) is 9.59 Å². The smallest absolute Gasteiger partial charge is 0.407 e. The number of nitrogens with two attached hydrogens (primary N) is 1. The first-order chi connectivity index (χ1) is 10.8. The fourth-order valence-electron chi connectivity index (χ4n) is 1.25. The van der Waals surface area contributed by atoms with Crippen molar-refractivity contribution in [2.45, 2.75) is 51.0 Å². The van der Waals surface area contributed by atoms with Gasteiger partial charge in [-0.15, -0.1) is 0 Å². The maximum Gasteiger partial charge on any atom is 0.407 e. The summed E-state index contributed by atoms with van der Waals surface area (Å²) in [7, 11) is 3.96. The number of hydrogen-bond donors (Lipinski definition) is 4. The second-order valence-corrected chi connectivity index (χ2v) is 5.84. The van der Waals surface area contributed by atoms with Gasteiger partial charge in [0.25, 0.3) is 0 Å². The maximum absolute atomic E-state index is 10.8. The van der Waals surface area contributed by atoms with Gasteiger partial charge < -0.3 is 35.5 Å². The molecule has 0 rings (SSSR count). The number of alkyl carbamates (subject to hydrolysis) is 1. The maximum atomic E-state index is 10.8. The van der Waals surface area contributed by atoms with E-state index in [0.717, 1.165) is 7.11 Å². The highest BCUT2D eigenvalue weighted by Crippen LogP contribution is 2.14. The minimum Gasteiger partial charge on any atom is -0.480 e. The minimum absolute atomic E-state index is 0.800. The number of carbonyl (C=O) groups is 3. The van der Waals surface area contributed by atoms with Gasteiger partial charge in [0.15, 0.2) is 6.04 Å². The SMILES string of the molecule is COC(=O)N[C@H](C(=O)O)C(C)(C)OC.COC(C)(C)[C@H](N)C(=O)O. The van der Waals surface area contributed by atoms with Crippen LogP contribution in [0.4, 0.5) is 4.79 Å². The largest absolute Gasteiger partial charge is 0.480 e. The van der Waals surface area contributed by atoms with Crippen molar-refractivity contribution in [2.75, 3.05) is 21.3 Å². The van der Waals surface area contributed by atoms with E-state index in [9.17, 15) is 14.4 Å². The highest BCUT2D eigenvalue weighted by Gasteiger charge is 2.37. The van der Waals surface area contributed by atoms with E-state index in [4.69, 9.17) is 25.4 Å². The minimum atomic E-state index is -1.18. The molecule has 0 saturated heterocycles. The van der Waals surface area contributed by atoms with Crippen molar-refractivity contribution in [1.29, 1.82) is 0 Å². The fraction of sp³-hybridized carbons (Fsp3) is 0.786. The third-order valence-electron chi connectivity index (χ3n) is 3.46. The van der Waals surface area contributed by atoms with Crippen molar-refractivity contribution in [3.05, 3.63) is 0 Å². The summed E-state index contributed by atoms with van der Waals surface area (Å²) in [4.78, 5) is 31.9. The monoisotopic (exact) mass is 352 g/mol. The van der Waals surface area contributed by atoms with Crippen LogP contribution in [0.3, 0.4) is 0 Å². The highest BCUT2D eigenvalue weighted by atomic mass is 16.5. The molecule has 0 aromatic rings. The summed E-state index contributed by atoms with van der Waals surface area (Å²) in [5, 5.41) is 19.4. The Morgan fingerprint density at radius 3 is 1.54 bits per heavy atom. The zero-order valence-corrected chi connectivity index (χ0v) is 15.1. The number of hydrogen-bond acceptors (Lipinski definition) is 7. The van der Waals surface area contributed by atoms with Crippen LogP contribution in [0.1, 0.15) is 27.7 Å². The number of ether oxygens (including phenoxy) is 3. The molecule has 0 aromatic heterocycles. The normalized spacial score (nSPS) is 13.8. The van der Waals surface area contributed by atoms with E-state index < -0.39 is 41.3 Å². The topological polar surface area (TPSA) is 157 Å². The van der Waals surface area contributed by atoms with E-state index in [-0.39, 0.29) is 0 Å². The Bertz CT molecular complexity index is 436. The van der Waals surface area contributed by atoms with Crippen molar-refractivity contribution in [2.24, 2.45) is 5.73 Å². The van der Waals surface area contributed by atoms with Gasteiger partial charge in [-0.3, -0.25) is 4.79 Å². The van der Waals surface area contributed by atoms with Gasteiger partial charge in [0, 0.05) is 14.2 Å². The molecule has 0 heterocycles. The third kappa shape index (κ3) is 8.09. The molecule has 0 aliphatic heterocycles. The Balaban J connectivity index is 0. The van der Waals surface area contributed by atoms with Crippen LogP contribution in [0.5, 0.6) is 0 Å². The van der Waals surface area contributed by atoms with Crippen molar-refractivity contribution < 1.29 is 38.8 Å². The molecule has 24 heavy (non-hydrogen) atoms. The quantitative estimate of drug-likeness (QED) is 0.496. The molecule has 5 N–H and O–H groups in total. The van der Waals surface area contributed by atoms with Gasteiger partial charge in [0.1, 0.15) is 6.04 Å². The van der Waals surface area contributed by atoms with Crippen molar-refractivity contribution in [3.63, 3.8) is 0 Å². The molecule has 0 saturated carbocycles. The lowest BCUT2D eigenvalue weighted by Gasteiger charge is -2.29. The molecule has 0 bridgehead atoms. The number of carboxylic acid groups (broad SMARTS) is 2. The van der Waals surface area contributed by atoms with Crippen LogP contribution in [0.15, 0.2) is 0 Å². The molecule has 0 aliphatic carbocycles. The summed E-state index contributed by atoms with van der Waals surface area (Å²) in [6, 6.07) is -2.13. The molecule has 0 unspecified atom stereocenters. The molecule has 0 spiro atoms. The summed E-state index contributed by atoms with van der Waals surface area (Å²) < 4.78 is 14.1. The summed E-state index contributed by atoms with van der Waals surface area (Å²) in [5.41, 5.74) is 3.48. The Hall–Kier alpha value is -1.91. The Morgan fingerprint density at radius 1 is 0.917 bits per heavy atom. The molecule has 0 aliphatic rings. The average Bonchev–Trinajstić information content (AvgIpc) is 2.51. The number of amides is 1. The van der Waals surface area contributed by atoms with Crippen LogP contribution in [0, 0.1) is 0 Å². The number of aliphatic carboxylic acids is 2. The van der Waals surface area contributed by atoms with Gasteiger partial charge in [-0.05, 0) is 27.7 Å². The zero-order valence-electron chi connectivity index (χ0n) is 15.1. The second-order valence-electron chi connectivity index (χ2n) is 5.84. The van der Waals surface area contributed by atoms with Crippen LogP contribution in [0.2, 0.25) is 0 Å². The summed E-state index contributed by atoms with van der Waals surface area (Å²) in [6.45, 7) is 6.38. The van der Waals surface area contributed by atoms with Crippen molar-refractivity contribution in [3.8, 4) is 0 Å². The molecule has 10 nitrogen and oxygen atoms in total. The highest BCUT2D eigenvalue weighted by molar-refractivity contribution is 5.81. The lowest BCUT2D eigenvalue weighted by Crippen LogP contribution is -2.54. The first-order valence-electron chi connectivity index (χ1n) is 6.92. The summed E-state index contributed by atoms with van der Waals surface area (Å²) in [6.07, 6.45) is -0.803. The van der Waals surface area contributed by atoms with E-state index in [2.05, 4.69) is 10.1 Å². The standard InChI is InChI=1S/C8H15NO5.C6H13NO3/c1-8(2,14-4)5(6(10)11)9-7(12)13-3;1-6(2,10-3)4(7)5(8)9/h5H,1-4H3,(H,9,12)(H,10,11);4H,7H2,1-3H3,(H,8,9)/t5-;4-/m11/s1. The van der Waals surface area contributed by atoms with Crippen LogP contribution in [-0.2, 0) is 23.8 Å². The van der Waals surface area contributed by atoms with E-state index in [1.54, 1.807) is 27.7 Å². The van der Waals surface area contributed by atoms with Crippen LogP contribution in [-0.4, -0.2) is 72.9 Å². The van der Waals surface area contributed by atoms with Gasteiger partial charge in [-0.2, -0.15) is 0 Å². The lowest BCUT2D eigenvalue weighted by atomic mass is 9.99. The van der Waals surface area contributed by atoms with Gasteiger partial charge in [0.2, 0.25) is 0 Å². The molecule has 0 radical (unpaired) electrons. The van der Waals surface area contributed by atoms with Crippen molar-refractivity contribution in [1.82, 2.24) is 5.32 Å². The first kappa shape index (κ1) is 24.3. The van der Waals surface area contributed by atoms with Gasteiger partial charge >= 0.3 is 18.0 Å². The molecule has 1 amide bonds. The van der Waals surface area contributed by atoms with Crippen LogP contribution >= 0.6 is 0 Å². The fourth-order valence-corrected chi connectivity index (χ4v) is 1.25. The molecular formula is C14H28N2O8. The molecule has 142 valence electrons. The zero-order chi connectivity index (χ0) is 19.7. The average molecular weight is 352 g/mol. The van der Waals surface area contributed by atoms with E-state index in [1.165, 1.54) is 14.2 Å². The second kappa shape index (κ2) is 10.1. The van der Waals surface area contributed by atoms with Gasteiger partial charge in [0.05, 0.1) is 18.3 Å². The Labute approximate surface area is 141 Å². The van der Waals surface area contributed by atoms with E-state index >= 15 is 0 Å². The Kier molecular flexibility index (Phi) is 10.2. The number of rotatable bonds is 7. The van der Waals surface area contributed by atoms with Crippen LogP contribution in [0.25, 0.3) is 0 Å². The molecule has 0 aromatic carbocycles. The van der Waals surface area contributed by atoms with E-state index in [0.29, 0.717) is 0 Å². The number of methoxy groups -OCH3 is 3. The molecule has 0 fully saturated rings. The first-order valence-corrected chi connectivity index (χ1v) is 6.92. The van der Waals surface area contributed by atoms with Gasteiger partial charge in [-0.1, -0.05) is 0 Å². The predicted octanol–water partition coefficient (Wildman–Crippen LogP) is 0.0439. The lowest BCUT2D eigenvalue weighted by molar-refractivity contribution is -0.147. The van der Waals surface area contributed by atoms with E-state index in [1.807, 2.05) is 0 Å². The number of carboxylic acids is 2. The van der Waals surface area contributed by atoms with Crippen molar-refractivity contribution >= 4 is 18.0 Å². The predicted molar refractivity (Wildman–Crippen MR) is 84.8 cm³/mol. The molecule has 10 heteroatoms. The number of nitrogens with one attached hydrogen (secondary N) is 1. The molecular weight excluding hydrogens is 324 g/mol. The Morgan fingerprint density at radius 2 is 1.33 bits per heavy atom. The van der Waals surface area contributed by atoms with Crippen LogP contribution < -0.4 is 11.1 Å². The summed E-state index contributed by atoms with van der Waals surface area (Å²) >= 11 is 0. The third-order valence-corrected chi connectivity index (χ3v) is 3.46. The summed E-state index contributed by atoms with van der Waals surface area (Å²) in [5.74, 6) is -2.23.